The second-order valence-corrected chi connectivity index (χ2v) is 5.11. The van der Waals surface area contributed by atoms with Crippen molar-refractivity contribution in [2.45, 2.75) is 13.0 Å². The summed E-state index contributed by atoms with van der Waals surface area (Å²) < 4.78 is 15.3. The number of aromatic amines is 1. The standard InChI is InChI=1S/C15H13FN4O/c16-11-4-2-1-3-9(11)13-8-20-14(18-13)10-7-17-6-5-12(10)19-15(20)21/h1-4,8,17H,5-7H2,(H,19,21). The number of imidazole rings is 1. The van der Waals surface area contributed by atoms with Crippen LogP contribution in [0.1, 0.15) is 11.3 Å². The van der Waals surface area contributed by atoms with Crippen LogP contribution in [0, 0.1) is 5.82 Å². The molecule has 0 aliphatic carbocycles. The molecule has 21 heavy (non-hydrogen) atoms. The minimum atomic E-state index is -0.343. The van der Waals surface area contributed by atoms with Gasteiger partial charge in [0.15, 0.2) is 0 Å². The van der Waals surface area contributed by atoms with E-state index >= 15 is 0 Å². The molecule has 0 unspecified atom stereocenters. The molecule has 1 aliphatic rings. The van der Waals surface area contributed by atoms with Gasteiger partial charge in [-0.25, -0.2) is 14.2 Å². The normalized spacial score (nSPS) is 14.3. The fraction of sp³-hybridized carbons (Fsp3) is 0.200. The zero-order chi connectivity index (χ0) is 14.4. The molecule has 0 amide bonds. The summed E-state index contributed by atoms with van der Waals surface area (Å²) in [7, 11) is 0. The second-order valence-electron chi connectivity index (χ2n) is 5.11. The van der Waals surface area contributed by atoms with E-state index in [9.17, 15) is 9.18 Å². The molecule has 1 aromatic carbocycles. The molecule has 2 N–H and O–H groups in total. The lowest BCUT2D eigenvalue weighted by atomic mass is 10.1. The van der Waals surface area contributed by atoms with E-state index in [0.717, 1.165) is 24.2 Å². The van der Waals surface area contributed by atoms with Gasteiger partial charge in [-0.05, 0) is 12.1 Å². The number of hydrogen-bond acceptors (Lipinski definition) is 3. The third-order valence-electron chi connectivity index (χ3n) is 3.82. The molecule has 4 rings (SSSR count). The molecule has 106 valence electrons. The Bertz CT molecular complexity index is 896. The molecular formula is C15H13FN4O. The lowest BCUT2D eigenvalue weighted by molar-refractivity contribution is 0.624. The molecule has 1 aliphatic heterocycles. The minimum Gasteiger partial charge on any atom is -0.312 e. The Hall–Kier alpha value is -2.47. The maximum Gasteiger partial charge on any atom is 0.331 e. The summed E-state index contributed by atoms with van der Waals surface area (Å²) in [5.74, 6) is -0.343. The van der Waals surface area contributed by atoms with Crippen LogP contribution in [0.5, 0.6) is 0 Å². The largest absolute Gasteiger partial charge is 0.331 e. The highest BCUT2D eigenvalue weighted by Gasteiger charge is 2.18. The quantitative estimate of drug-likeness (QED) is 0.711. The van der Waals surface area contributed by atoms with Crippen LogP contribution in [-0.2, 0) is 13.0 Å². The summed E-state index contributed by atoms with van der Waals surface area (Å²) in [6.07, 6.45) is 2.35. The topological polar surface area (TPSA) is 62.2 Å². The monoisotopic (exact) mass is 284 g/mol. The number of benzene rings is 1. The molecular weight excluding hydrogens is 271 g/mol. The highest BCUT2D eigenvalue weighted by molar-refractivity contribution is 5.65. The maximum atomic E-state index is 13.9. The molecule has 0 saturated heterocycles. The van der Waals surface area contributed by atoms with Gasteiger partial charge in [0.1, 0.15) is 11.5 Å². The van der Waals surface area contributed by atoms with E-state index in [0.29, 0.717) is 23.4 Å². The molecule has 0 saturated carbocycles. The summed E-state index contributed by atoms with van der Waals surface area (Å²) in [6, 6.07) is 6.44. The van der Waals surface area contributed by atoms with E-state index in [1.54, 1.807) is 24.4 Å². The number of aromatic nitrogens is 3. The number of nitrogens with zero attached hydrogens (tertiary/aromatic N) is 2. The summed E-state index contributed by atoms with van der Waals surface area (Å²) in [4.78, 5) is 19.5. The van der Waals surface area contributed by atoms with Gasteiger partial charge in [0.05, 0.1) is 5.69 Å². The molecule has 0 atom stereocenters. The van der Waals surface area contributed by atoms with Crippen LogP contribution in [0.15, 0.2) is 35.3 Å². The van der Waals surface area contributed by atoms with Crippen molar-refractivity contribution >= 4 is 5.65 Å². The molecule has 0 fully saturated rings. The van der Waals surface area contributed by atoms with Crippen LogP contribution in [0.2, 0.25) is 0 Å². The van der Waals surface area contributed by atoms with Gasteiger partial charge in [0.2, 0.25) is 0 Å². The first-order chi connectivity index (χ1) is 10.2. The van der Waals surface area contributed by atoms with Crippen LogP contribution < -0.4 is 11.0 Å². The fourth-order valence-electron chi connectivity index (χ4n) is 2.77. The highest BCUT2D eigenvalue weighted by atomic mass is 19.1. The number of hydrogen-bond donors (Lipinski definition) is 2. The molecule has 2 aromatic heterocycles. The summed E-state index contributed by atoms with van der Waals surface area (Å²) >= 11 is 0. The van der Waals surface area contributed by atoms with Gasteiger partial charge in [0.25, 0.3) is 0 Å². The third kappa shape index (κ3) is 1.87. The van der Waals surface area contributed by atoms with Crippen molar-refractivity contribution in [3.8, 4) is 11.3 Å². The number of halogens is 1. The molecule has 0 spiro atoms. The van der Waals surface area contributed by atoms with Crippen LogP contribution in [-0.4, -0.2) is 20.9 Å². The Morgan fingerprint density at radius 3 is 3.00 bits per heavy atom. The van der Waals surface area contributed by atoms with Crippen molar-refractivity contribution in [2.75, 3.05) is 6.54 Å². The first-order valence-electron chi connectivity index (χ1n) is 6.83. The van der Waals surface area contributed by atoms with Gasteiger partial charge in [-0.2, -0.15) is 0 Å². The molecule has 0 radical (unpaired) electrons. The van der Waals surface area contributed by atoms with Crippen molar-refractivity contribution in [3.05, 3.63) is 58.0 Å². The average Bonchev–Trinajstić information content (AvgIpc) is 2.94. The Morgan fingerprint density at radius 1 is 1.29 bits per heavy atom. The Morgan fingerprint density at radius 2 is 2.14 bits per heavy atom. The number of H-pyrrole nitrogens is 1. The van der Waals surface area contributed by atoms with E-state index in [1.807, 2.05) is 0 Å². The number of nitrogens with one attached hydrogen (secondary N) is 2. The predicted octanol–water partition coefficient (Wildman–Crippen LogP) is 1.47. The van der Waals surface area contributed by atoms with Gasteiger partial charge in [0, 0.05) is 42.5 Å². The Labute approximate surface area is 119 Å². The van der Waals surface area contributed by atoms with Gasteiger partial charge >= 0.3 is 5.69 Å². The van der Waals surface area contributed by atoms with Gasteiger partial charge in [-0.3, -0.25) is 4.40 Å². The second kappa shape index (κ2) is 4.53. The summed E-state index contributed by atoms with van der Waals surface area (Å²) in [6.45, 7) is 1.49. The summed E-state index contributed by atoms with van der Waals surface area (Å²) in [5, 5.41) is 3.26. The fourth-order valence-corrected chi connectivity index (χ4v) is 2.77. The highest BCUT2D eigenvalue weighted by Crippen LogP contribution is 2.23. The molecule has 0 bridgehead atoms. The van der Waals surface area contributed by atoms with E-state index < -0.39 is 0 Å². The smallest absolute Gasteiger partial charge is 0.312 e. The summed E-state index contributed by atoms with van der Waals surface area (Å²) in [5.41, 5.74) is 3.12. The minimum absolute atomic E-state index is 0.235. The first-order valence-corrected chi connectivity index (χ1v) is 6.83. The van der Waals surface area contributed by atoms with Crippen LogP contribution in [0.3, 0.4) is 0 Å². The molecule has 6 heteroatoms. The zero-order valence-corrected chi connectivity index (χ0v) is 11.2. The van der Waals surface area contributed by atoms with Crippen molar-refractivity contribution in [1.29, 1.82) is 0 Å². The Kier molecular flexibility index (Phi) is 2.65. The van der Waals surface area contributed by atoms with Gasteiger partial charge in [-0.1, -0.05) is 12.1 Å². The Balaban J connectivity index is 2.00. The predicted molar refractivity (Wildman–Crippen MR) is 76.6 cm³/mol. The van der Waals surface area contributed by atoms with E-state index in [2.05, 4.69) is 15.3 Å². The van der Waals surface area contributed by atoms with E-state index in [-0.39, 0.29) is 11.5 Å². The first kappa shape index (κ1) is 12.3. The van der Waals surface area contributed by atoms with Crippen LogP contribution in [0.25, 0.3) is 16.9 Å². The molecule has 3 heterocycles. The number of fused-ring (bicyclic) bond motifs is 3. The van der Waals surface area contributed by atoms with Gasteiger partial charge in [-0.15, -0.1) is 0 Å². The zero-order valence-electron chi connectivity index (χ0n) is 11.2. The van der Waals surface area contributed by atoms with Crippen molar-refractivity contribution in [3.63, 3.8) is 0 Å². The number of rotatable bonds is 1. The SMILES string of the molecule is O=c1[nH]c2c(c3nc(-c4ccccc4F)cn13)CNCC2. The van der Waals surface area contributed by atoms with Crippen LogP contribution in [0.4, 0.5) is 4.39 Å². The van der Waals surface area contributed by atoms with Crippen molar-refractivity contribution < 1.29 is 4.39 Å². The lowest BCUT2D eigenvalue weighted by Gasteiger charge is -2.16. The van der Waals surface area contributed by atoms with Gasteiger partial charge < -0.3 is 10.3 Å². The lowest BCUT2D eigenvalue weighted by Crippen LogP contribution is -2.29. The molecule has 3 aromatic rings. The van der Waals surface area contributed by atoms with E-state index in [4.69, 9.17) is 0 Å². The maximum absolute atomic E-state index is 13.9. The van der Waals surface area contributed by atoms with Crippen molar-refractivity contribution in [2.24, 2.45) is 0 Å². The average molecular weight is 284 g/mol. The van der Waals surface area contributed by atoms with Crippen molar-refractivity contribution in [1.82, 2.24) is 19.7 Å². The van der Waals surface area contributed by atoms with Crippen LogP contribution >= 0.6 is 0 Å². The van der Waals surface area contributed by atoms with E-state index in [1.165, 1.54) is 10.5 Å². The molecule has 5 nitrogen and oxygen atoms in total. The third-order valence-corrected chi connectivity index (χ3v) is 3.82.